The van der Waals surface area contributed by atoms with Gasteiger partial charge in [0.15, 0.2) is 5.58 Å². The van der Waals surface area contributed by atoms with E-state index >= 15 is 0 Å². The first-order valence-electron chi connectivity index (χ1n) is 13.5. The van der Waals surface area contributed by atoms with Gasteiger partial charge in [0.25, 0.3) is 0 Å². The van der Waals surface area contributed by atoms with Gasteiger partial charge in [-0.05, 0) is 61.3 Å². The lowest BCUT2D eigenvalue weighted by atomic mass is 9.91. The molecule has 2 aromatic carbocycles. The third kappa shape index (κ3) is 10.7. The van der Waals surface area contributed by atoms with Crippen molar-refractivity contribution in [3.05, 3.63) is 89.2 Å². The van der Waals surface area contributed by atoms with Gasteiger partial charge in [-0.15, -0.1) is 0 Å². The number of carbonyl (C=O) groups is 4. The van der Waals surface area contributed by atoms with E-state index < -0.39 is 23.9 Å². The highest BCUT2D eigenvalue weighted by molar-refractivity contribution is 5.90. The highest BCUT2D eigenvalue weighted by Gasteiger charge is 2.26. The Morgan fingerprint density at radius 1 is 0.750 bits per heavy atom. The van der Waals surface area contributed by atoms with Gasteiger partial charge < -0.3 is 29.8 Å². The van der Waals surface area contributed by atoms with Crippen LogP contribution in [0.3, 0.4) is 0 Å². The van der Waals surface area contributed by atoms with Gasteiger partial charge in [-0.1, -0.05) is 11.2 Å². The number of aromatic nitrogens is 1. The molecule has 1 aromatic heterocycles. The van der Waals surface area contributed by atoms with Crippen molar-refractivity contribution in [1.29, 1.82) is 0 Å². The topological polar surface area (TPSA) is 182 Å². The predicted octanol–water partition coefficient (Wildman–Crippen LogP) is 3.72. The molecule has 3 aromatic rings. The van der Waals surface area contributed by atoms with Crippen LogP contribution in [0, 0.1) is 11.6 Å². The van der Waals surface area contributed by atoms with E-state index in [-0.39, 0.29) is 11.6 Å². The first-order valence-corrected chi connectivity index (χ1v) is 13.5. The zero-order valence-corrected chi connectivity index (χ0v) is 23.4. The summed E-state index contributed by atoms with van der Waals surface area (Å²) >= 11 is 0. The second kappa shape index (κ2) is 16.0. The number of likely N-dealkylation sites (tertiary alicyclic amines) is 1. The van der Waals surface area contributed by atoms with Crippen LogP contribution in [-0.4, -0.2) is 85.4 Å². The summed E-state index contributed by atoms with van der Waals surface area (Å²) in [6.45, 7) is 5.81. The summed E-state index contributed by atoms with van der Waals surface area (Å²) in [4.78, 5) is 43.1. The van der Waals surface area contributed by atoms with Gasteiger partial charge in [0, 0.05) is 67.9 Å². The van der Waals surface area contributed by atoms with E-state index in [1.165, 1.54) is 17.7 Å². The maximum atomic E-state index is 13.4. The summed E-state index contributed by atoms with van der Waals surface area (Å²) in [7, 11) is 0. The van der Waals surface area contributed by atoms with Crippen molar-refractivity contribution in [2.45, 2.75) is 31.8 Å². The van der Waals surface area contributed by atoms with Crippen LogP contribution in [0.15, 0.2) is 65.2 Å². The minimum absolute atomic E-state index is 0.147. The molecule has 234 valence electrons. The summed E-state index contributed by atoms with van der Waals surface area (Å²) in [5.74, 6) is -5.11. The fourth-order valence-corrected chi connectivity index (χ4v) is 4.82. The summed E-state index contributed by atoms with van der Waals surface area (Å²) in [6.07, 6.45) is 4.30. The molecule has 0 atom stereocenters. The number of hydrogen-bond donors (Lipinski definition) is 4. The average Bonchev–Trinajstić information content (AvgIpc) is 3.58. The molecule has 4 N–H and O–H groups in total. The first-order chi connectivity index (χ1) is 20.9. The summed E-state index contributed by atoms with van der Waals surface area (Å²) < 4.78 is 32.0. The molecule has 2 aliphatic rings. The minimum Gasteiger partial charge on any atom is -0.478 e. The number of aliphatic carboxylic acids is 4. The van der Waals surface area contributed by atoms with E-state index in [0.29, 0.717) is 35.8 Å². The summed E-state index contributed by atoms with van der Waals surface area (Å²) in [6, 6.07) is 9.77. The number of carboxylic acid groups (broad SMARTS) is 4. The summed E-state index contributed by atoms with van der Waals surface area (Å²) in [5, 5.41) is 36.4. The lowest BCUT2D eigenvalue weighted by Gasteiger charge is -2.32. The smallest absolute Gasteiger partial charge is 0.328 e. The van der Waals surface area contributed by atoms with Crippen LogP contribution in [0.5, 0.6) is 0 Å². The van der Waals surface area contributed by atoms with Crippen molar-refractivity contribution in [3.63, 3.8) is 0 Å². The Kier molecular flexibility index (Phi) is 12.2. The number of hydrogen-bond acceptors (Lipinski definition) is 8. The zero-order chi connectivity index (χ0) is 32.2. The molecule has 5 rings (SSSR count). The number of halogens is 2. The molecule has 3 heterocycles. The quantitative estimate of drug-likeness (QED) is 0.270. The third-order valence-electron chi connectivity index (χ3n) is 6.86. The molecule has 0 spiro atoms. The van der Waals surface area contributed by atoms with Crippen molar-refractivity contribution in [3.8, 4) is 0 Å². The van der Waals surface area contributed by atoms with Crippen molar-refractivity contribution >= 4 is 34.8 Å². The molecule has 1 fully saturated rings. The molecule has 0 aliphatic carbocycles. The lowest BCUT2D eigenvalue weighted by molar-refractivity contribution is -0.134. The minimum atomic E-state index is -1.26. The van der Waals surface area contributed by atoms with Crippen molar-refractivity contribution in [1.82, 2.24) is 15.0 Å². The van der Waals surface area contributed by atoms with Gasteiger partial charge in [-0.3, -0.25) is 4.90 Å². The van der Waals surface area contributed by atoms with Crippen molar-refractivity contribution in [2.75, 3.05) is 26.2 Å². The SMILES string of the molecule is Fc1ccc2c(c1)CN(CCN1CCC(c3noc4cc(F)ccc34)CC1)C2.O=C(O)C=CC(=O)O.O=C(O)C=CC(=O)O. The van der Waals surface area contributed by atoms with E-state index in [0.717, 1.165) is 68.8 Å². The van der Waals surface area contributed by atoms with Crippen molar-refractivity contribution < 1.29 is 52.9 Å². The van der Waals surface area contributed by atoms with Crippen LogP contribution in [0.2, 0.25) is 0 Å². The molecular weight excluding hydrogens is 584 g/mol. The molecular formula is C30H31F2N3O9. The standard InChI is InChI=1S/C22H23F2N3O.2C4H4O4/c23-18-2-1-16-13-27(14-17(16)11-18)10-9-26-7-5-15(6-8-26)22-20-4-3-19(24)12-21(20)28-25-22;2*5-3(6)1-2-4(7)8/h1-4,11-12,15H,5-10,13-14H2;2*1-2H,(H,5,6)(H,7,8). The zero-order valence-electron chi connectivity index (χ0n) is 23.4. The number of piperidine rings is 1. The van der Waals surface area contributed by atoms with E-state index in [1.54, 1.807) is 18.2 Å². The molecule has 2 aliphatic heterocycles. The number of carboxylic acids is 4. The second-order valence-electron chi connectivity index (χ2n) is 9.97. The lowest BCUT2D eigenvalue weighted by Crippen LogP contribution is -2.38. The Bertz CT molecular complexity index is 1480. The predicted molar refractivity (Wildman–Crippen MR) is 152 cm³/mol. The van der Waals surface area contributed by atoms with E-state index in [2.05, 4.69) is 15.0 Å². The van der Waals surface area contributed by atoms with Crippen LogP contribution in [0.4, 0.5) is 8.78 Å². The van der Waals surface area contributed by atoms with E-state index in [4.69, 9.17) is 24.9 Å². The number of nitrogens with zero attached hydrogens (tertiary/aromatic N) is 3. The molecule has 0 radical (unpaired) electrons. The highest BCUT2D eigenvalue weighted by atomic mass is 19.1. The highest BCUT2D eigenvalue weighted by Crippen LogP contribution is 2.33. The Balaban J connectivity index is 0.000000275. The molecule has 0 amide bonds. The van der Waals surface area contributed by atoms with Crippen molar-refractivity contribution in [2.24, 2.45) is 0 Å². The third-order valence-corrected chi connectivity index (χ3v) is 6.86. The number of fused-ring (bicyclic) bond motifs is 2. The maximum Gasteiger partial charge on any atom is 0.328 e. The molecule has 0 saturated carbocycles. The molecule has 14 heteroatoms. The Morgan fingerprint density at radius 3 is 1.82 bits per heavy atom. The van der Waals surface area contributed by atoms with Gasteiger partial charge in [0.1, 0.15) is 11.6 Å². The second-order valence-corrected chi connectivity index (χ2v) is 9.97. The molecule has 44 heavy (non-hydrogen) atoms. The monoisotopic (exact) mass is 615 g/mol. The normalized spacial score (nSPS) is 15.4. The average molecular weight is 616 g/mol. The van der Waals surface area contributed by atoms with Gasteiger partial charge in [0.05, 0.1) is 5.69 Å². The fourth-order valence-electron chi connectivity index (χ4n) is 4.82. The Hall–Kier alpha value is -4.95. The van der Waals surface area contributed by atoms with Gasteiger partial charge >= 0.3 is 23.9 Å². The largest absolute Gasteiger partial charge is 0.478 e. The van der Waals surface area contributed by atoms with Crippen LogP contribution >= 0.6 is 0 Å². The molecule has 1 saturated heterocycles. The van der Waals surface area contributed by atoms with Crippen LogP contribution in [-0.2, 0) is 32.3 Å². The Labute approximate surface area is 250 Å². The fraction of sp³-hybridized carbons (Fsp3) is 0.300. The molecule has 0 unspecified atom stereocenters. The Morgan fingerprint density at radius 2 is 1.25 bits per heavy atom. The molecule has 12 nitrogen and oxygen atoms in total. The van der Waals surface area contributed by atoms with Crippen LogP contribution < -0.4 is 0 Å². The van der Waals surface area contributed by atoms with E-state index in [9.17, 15) is 28.0 Å². The maximum absolute atomic E-state index is 13.4. The first kappa shape index (κ1) is 33.6. The number of benzene rings is 2. The number of rotatable bonds is 8. The summed E-state index contributed by atoms with van der Waals surface area (Å²) in [5.41, 5.74) is 3.86. The van der Waals surface area contributed by atoms with Crippen LogP contribution in [0.25, 0.3) is 11.0 Å². The molecule has 0 bridgehead atoms. The van der Waals surface area contributed by atoms with Gasteiger partial charge in [-0.25, -0.2) is 28.0 Å². The van der Waals surface area contributed by atoms with Gasteiger partial charge in [0.2, 0.25) is 0 Å². The van der Waals surface area contributed by atoms with Crippen LogP contribution in [0.1, 0.15) is 35.6 Å². The van der Waals surface area contributed by atoms with Gasteiger partial charge in [-0.2, -0.15) is 0 Å². The van der Waals surface area contributed by atoms with E-state index in [1.807, 2.05) is 6.07 Å².